The van der Waals surface area contributed by atoms with Crippen LogP contribution in [0.5, 0.6) is 0 Å². The average Bonchev–Trinajstić information content (AvgIpc) is 2.84. The fourth-order valence-electron chi connectivity index (χ4n) is 2.64. The molecule has 0 saturated carbocycles. The molecule has 1 unspecified atom stereocenters. The minimum absolute atomic E-state index is 0.0777. The molecule has 1 aromatic heterocycles. The number of aryl methyl sites for hydroxylation is 2. The summed E-state index contributed by atoms with van der Waals surface area (Å²) < 4.78 is 14.3. The summed E-state index contributed by atoms with van der Waals surface area (Å²) in [5.74, 6) is 5.57. The molecule has 0 aliphatic carbocycles. The minimum Gasteiger partial charge on any atom is -0.271 e. The number of rotatable bonds is 3. The molecular formula is C17H17FN2S. The molecule has 0 spiro atoms. The van der Waals surface area contributed by atoms with Crippen LogP contribution in [0, 0.1) is 19.7 Å². The number of nitrogens with two attached hydrogens (primary N) is 1. The van der Waals surface area contributed by atoms with Crippen molar-refractivity contribution in [2.45, 2.75) is 19.9 Å². The van der Waals surface area contributed by atoms with Crippen LogP contribution < -0.4 is 11.3 Å². The topological polar surface area (TPSA) is 38.0 Å². The number of hydrogen-bond acceptors (Lipinski definition) is 3. The summed E-state index contributed by atoms with van der Waals surface area (Å²) in [5.41, 5.74) is 6.46. The van der Waals surface area contributed by atoms with Crippen LogP contribution in [0.4, 0.5) is 4.39 Å². The van der Waals surface area contributed by atoms with Crippen LogP contribution in [0.1, 0.15) is 27.6 Å². The molecule has 0 radical (unpaired) electrons. The van der Waals surface area contributed by atoms with Gasteiger partial charge in [0.15, 0.2) is 0 Å². The smallest absolute Gasteiger partial charge is 0.124 e. The lowest BCUT2D eigenvalue weighted by Gasteiger charge is -2.17. The Balaban J connectivity index is 2.09. The second-order valence-electron chi connectivity index (χ2n) is 5.29. The normalized spacial score (nSPS) is 12.8. The lowest BCUT2D eigenvalue weighted by Crippen LogP contribution is -2.28. The van der Waals surface area contributed by atoms with E-state index >= 15 is 0 Å². The molecule has 4 heteroatoms. The fraction of sp³-hybridized carbons (Fsp3) is 0.176. The van der Waals surface area contributed by atoms with Gasteiger partial charge in [-0.2, -0.15) is 0 Å². The first-order chi connectivity index (χ1) is 10.1. The molecule has 0 aliphatic rings. The highest BCUT2D eigenvalue weighted by molar-refractivity contribution is 7.19. The van der Waals surface area contributed by atoms with Gasteiger partial charge >= 0.3 is 0 Å². The summed E-state index contributed by atoms with van der Waals surface area (Å²) in [6.45, 7) is 4.16. The number of thiophene rings is 1. The van der Waals surface area contributed by atoms with Gasteiger partial charge in [-0.1, -0.05) is 29.8 Å². The van der Waals surface area contributed by atoms with Gasteiger partial charge in [-0.15, -0.1) is 11.3 Å². The molecule has 3 aromatic rings. The maximum absolute atomic E-state index is 13.3. The highest BCUT2D eigenvalue weighted by Crippen LogP contribution is 2.34. The van der Waals surface area contributed by atoms with Gasteiger partial charge in [0.05, 0.1) is 6.04 Å². The van der Waals surface area contributed by atoms with Crippen LogP contribution in [-0.2, 0) is 0 Å². The summed E-state index contributed by atoms with van der Waals surface area (Å²) in [6.07, 6.45) is 0. The molecule has 1 atom stereocenters. The number of fused-ring (bicyclic) bond motifs is 1. The molecule has 0 aliphatic heterocycles. The van der Waals surface area contributed by atoms with Gasteiger partial charge in [0.1, 0.15) is 5.82 Å². The van der Waals surface area contributed by atoms with Gasteiger partial charge in [-0.3, -0.25) is 5.84 Å². The summed E-state index contributed by atoms with van der Waals surface area (Å²) in [6, 6.07) is 13.2. The molecule has 0 fully saturated rings. The van der Waals surface area contributed by atoms with E-state index in [9.17, 15) is 4.39 Å². The summed E-state index contributed by atoms with van der Waals surface area (Å²) in [4.78, 5) is 1.09. The molecule has 108 valence electrons. The number of halogens is 1. The number of hydrogen-bond donors (Lipinski definition) is 2. The van der Waals surface area contributed by atoms with E-state index in [1.807, 2.05) is 0 Å². The zero-order chi connectivity index (χ0) is 15.0. The Morgan fingerprint density at radius 2 is 1.90 bits per heavy atom. The van der Waals surface area contributed by atoms with Crippen LogP contribution >= 0.6 is 11.3 Å². The minimum atomic E-state index is -0.209. The summed E-state index contributed by atoms with van der Waals surface area (Å²) >= 11 is 1.57. The van der Waals surface area contributed by atoms with E-state index in [-0.39, 0.29) is 11.9 Å². The number of nitrogens with one attached hydrogen (secondary N) is 1. The van der Waals surface area contributed by atoms with Crippen molar-refractivity contribution < 1.29 is 4.39 Å². The average molecular weight is 300 g/mol. The third-order valence-corrected chi connectivity index (χ3v) is 4.85. The Kier molecular flexibility index (Phi) is 3.76. The SMILES string of the molecule is Cc1ccc(C(NN)c2cc3ccc(F)cc3s2)c(C)c1. The van der Waals surface area contributed by atoms with Crippen molar-refractivity contribution in [2.75, 3.05) is 0 Å². The van der Waals surface area contributed by atoms with Crippen molar-refractivity contribution in [3.63, 3.8) is 0 Å². The molecule has 1 heterocycles. The molecule has 3 N–H and O–H groups in total. The van der Waals surface area contributed by atoms with Crippen LogP contribution in [0.25, 0.3) is 10.1 Å². The van der Waals surface area contributed by atoms with Crippen LogP contribution in [0.3, 0.4) is 0 Å². The lowest BCUT2D eigenvalue weighted by molar-refractivity contribution is 0.630. The summed E-state index contributed by atoms with van der Waals surface area (Å²) in [5, 5.41) is 1.04. The van der Waals surface area contributed by atoms with Gasteiger partial charge in [0, 0.05) is 9.58 Å². The van der Waals surface area contributed by atoms with Crippen molar-refractivity contribution in [2.24, 2.45) is 5.84 Å². The molecule has 0 saturated heterocycles. The maximum Gasteiger partial charge on any atom is 0.124 e. The Morgan fingerprint density at radius 1 is 1.10 bits per heavy atom. The molecule has 0 bridgehead atoms. The Hall–Kier alpha value is -1.75. The zero-order valence-corrected chi connectivity index (χ0v) is 12.8. The molecular weight excluding hydrogens is 283 g/mol. The van der Waals surface area contributed by atoms with E-state index in [0.717, 1.165) is 20.5 Å². The van der Waals surface area contributed by atoms with E-state index in [4.69, 9.17) is 5.84 Å². The standard InChI is InChI=1S/C17H17FN2S/c1-10-3-6-14(11(2)7-10)17(20-19)16-8-12-4-5-13(18)9-15(12)21-16/h3-9,17,20H,19H2,1-2H3. The predicted molar refractivity (Wildman–Crippen MR) is 86.9 cm³/mol. The second-order valence-corrected chi connectivity index (χ2v) is 6.41. The van der Waals surface area contributed by atoms with Gasteiger partial charge in [0.25, 0.3) is 0 Å². The first kappa shape index (κ1) is 14.2. The van der Waals surface area contributed by atoms with Crippen molar-refractivity contribution in [3.8, 4) is 0 Å². The Bertz CT molecular complexity index is 795. The van der Waals surface area contributed by atoms with Crippen LogP contribution in [0.15, 0.2) is 42.5 Å². The third-order valence-electron chi connectivity index (χ3n) is 3.69. The van der Waals surface area contributed by atoms with Crippen LogP contribution in [0.2, 0.25) is 0 Å². The second kappa shape index (κ2) is 5.56. The first-order valence-corrected chi connectivity index (χ1v) is 7.62. The van der Waals surface area contributed by atoms with Gasteiger partial charge < -0.3 is 0 Å². The molecule has 2 aromatic carbocycles. The third kappa shape index (κ3) is 2.70. The maximum atomic E-state index is 13.3. The van der Waals surface area contributed by atoms with Gasteiger partial charge in [-0.05, 0) is 48.6 Å². The quantitative estimate of drug-likeness (QED) is 0.561. The highest BCUT2D eigenvalue weighted by Gasteiger charge is 2.17. The van der Waals surface area contributed by atoms with E-state index in [0.29, 0.717) is 0 Å². The van der Waals surface area contributed by atoms with Crippen LogP contribution in [-0.4, -0.2) is 0 Å². The largest absolute Gasteiger partial charge is 0.271 e. The Morgan fingerprint density at radius 3 is 2.62 bits per heavy atom. The van der Waals surface area contributed by atoms with Crippen molar-refractivity contribution >= 4 is 21.4 Å². The summed E-state index contributed by atoms with van der Waals surface area (Å²) in [7, 11) is 0. The fourth-order valence-corrected chi connectivity index (χ4v) is 3.81. The van der Waals surface area contributed by atoms with Crippen molar-refractivity contribution in [1.82, 2.24) is 5.43 Å². The predicted octanol–water partition coefficient (Wildman–Crippen LogP) is 4.21. The molecule has 2 nitrogen and oxygen atoms in total. The highest BCUT2D eigenvalue weighted by atomic mass is 32.1. The number of hydrazine groups is 1. The molecule has 0 amide bonds. The van der Waals surface area contributed by atoms with E-state index in [1.165, 1.54) is 17.2 Å². The Labute approximate surface area is 127 Å². The monoisotopic (exact) mass is 300 g/mol. The van der Waals surface area contributed by atoms with E-state index in [2.05, 4.69) is 43.5 Å². The van der Waals surface area contributed by atoms with Crippen molar-refractivity contribution in [1.29, 1.82) is 0 Å². The molecule has 21 heavy (non-hydrogen) atoms. The lowest BCUT2D eigenvalue weighted by atomic mass is 9.98. The van der Waals surface area contributed by atoms with Crippen molar-refractivity contribution in [3.05, 3.63) is 69.8 Å². The first-order valence-electron chi connectivity index (χ1n) is 6.81. The van der Waals surface area contributed by atoms with Gasteiger partial charge in [0.2, 0.25) is 0 Å². The number of benzene rings is 2. The van der Waals surface area contributed by atoms with E-state index in [1.54, 1.807) is 23.5 Å². The molecule has 3 rings (SSSR count). The van der Waals surface area contributed by atoms with E-state index < -0.39 is 0 Å². The van der Waals surface area contributed by atoms with Gasteiger partial charge in [-0.25, -0.2) is 9.82 Å². The zero-order valence-electron chi connectivity index (χ0n) is 12.0.